The van der Waals surface area contributed by atoms with Crippen molar-refractivity contribution in [3.63, 3.8) is 0 Å². The molecule has 7 heteroatoms. The second-order valence-electron chi connectivity index (χ2n) is 8.46. The van der Waals surface area contributed by atoms with E-state index in [0.29, 0.717) is 19.0 Å². The molecule has 3 atom stereocenters. The zero-order valence-electron chi connectivity index (χ0n) is 15.2. The van der Waals surface area contributed by atoms with Crippen molar-refractivity contribution in [3.05, 3.63) is 35.9 Å². The smallest absolute Gasteiger partial charge is 0.279 e. The first kappa shape index (κ1) is 17.1. The Morgan fingerprint density at radius 2 is 1.54 bits per heavy atom. The van der Waals surface area contributed by atoms with E-state index in [0.717, 1.165) is 52.1 Å². The van der Waals surface area contributed by atoms with Crippen molar-refractivity contribution in [2.75, 3.05) is 52.4 Å². The fraction of sp³-hybridized carbons (Fsp3) is 0.684. The summed E-state index contributed by atoms with van der Waals surface area (Å²) in [6, 6.07) is 10.6. The highest BCUT2D eigenvalue weighted by atomic mass is 32.2. The van der Waals surface area contributed by atoms with Gasteiger partial charge in [0.2, 0.25) is 0 Å². The molecule has 5 aliphatic heterocycles. The quantitative estimate of drug-likeness (QED) is 0.831. The Hall–Kier alpha value is -0.990. The fourth-order valence-electron chi connectivity index (χ4n) is 5.69. The molecule has 2 unspecified atom stereocenters. The molecule has 4 bridgehead atoms. The van der Waals surface area contributed by atoms with Gasteiger partial charge in [-0.2, -0.15) is 17.4 Å². The van der Waals surface area contributed by atoms with Crippen LogP contribution >= 0.6 is 0 Å². The van der Waals surface area contributed by atoms with E-state index in [1.165, 1.54) is 5.56 Å². The van der Waals surface area contributed by atoms with Crippen molar-refractivity contribution in [3.8, 4) is 0 Å². The molecule has 0 radical (unpaired) electrons. The molecule has 5 saturated heterocycles. The van der Waals surface area contributed by atoms with Gasteiger partial charge in [-0.25, -0.2) is 0 Å². The first-order valence-electron chi connectivity index (χ1n) is 9.84. The van der Waals surface area contributed by atoms with Crippen LogP contribution in [0.2, 0.25) is 0 Å². The number of piperidine rings is 2. The van der Waals surface area contributed by atoms with Crippen LogP contribution in [0.4, 0.5) is 0 Å². The predicted octanol–water partition coefficient (Wildman–Crippen LogP) is 0.484. The molecule has 0 spiro atoms. The Balaban J connectivity index is 1.54. The molecule has 142 valence electrons. The van der Waals surface area contributed by atoms with Gasteiger partial charge in [-0.3, -0.25) is 0 Å². The Labute approximate surface area is 156 Å². The molecule has 0 saturated carbocycles. The zero-order valence-corrected chi connectivity index (χ0v) is 16.0. The number of nitrogens with one attached hydrogen (secondary N) is 1. The van der Waals surface area contributed by atoms with Gasteiger partial charge in [0.25, 0.3) is 10.2 Å². The molecule has 5 fully saturated rings. The average molecular weight is 377 g/mol. The van der Waals surface area contributed by atoms with E-state index < -0.39 is 10.2 Å². The third kappa shape index (κ3) is 2.72. The third-order valence-corrected chi connectivity index (χ3v) is 8.42. The van der Waals surface area contributed by atoms with Crippen LogP contribution in [0.3, 0.4) is 0 Å². The van der Waals surface area contributed by atoms with Crippen LogP contribution in [0.5, 0.6) is 0 Å². The van der Waals surface area contributed by atoms with E-state index in [2.05, 4.69) is 38.8 Å². The minimum Gasteiger partial charge on any atom is -0.301 e. The Bertz CT molecular complexity index is 747. The molecule has 0 aliphatic carbocycles. The number of fused-ring (bicyclic) bond motifs is 1. The molecule has 26 heavy (non-hydrogen) atoms. The Morgan fingerprint density at radius 3 is 2.15 bits per heavy atom. The lowest BCUT2D eigenvalue weighted by Gasteiger charge is -2.55. The van der Waals surface area contributed by atoms with Gasteiger partial charge < -0.3 is 9.80 Å². The zero-order chi connectivity index (χ0) is 17.8. The maximum atomic E-state index is 13.1. The summed E-state index contributed by atoms with van der Waals surface area (Å²) in [5.74, 6) is 0.345. The normalized spacial score (nSPS) is 40.0. The van der Waals surface area contributed by atoms with Gasteiger partial charge in [0.15, 0.2) is 0 Å². The highest BCUT2D eigenvalue weighted by Gasteiger charge is 2.56. The summed E-state index contributed by atoms with van der Waals surface area (Å²) >= 11 is 0. The van der Waals surface area contributed by atoms with Crippen LogP contribution in [0.15, 0.2) is 30.3 Å². The lowest BCUT2D eigenvalue weighted by atomic mass is 9.65. The molecule has 0 aromatic heterocycles. The maximum Gasteiger partial charge on any atom is 0.279 e. The lowest BCUT2D eigenvalue weighted by Crippen LogP contribution is -2.71. The van der Waals surface area contributed by atoms with E-state index in [-0.39, 0.29) is 11.5 Å². The summed E-state index contributed by atoms with van der Waals surface area (Å²) in [4.78, 5) is 5.09. The van der Waals surface area contributed by atoms with Crippen molar-refractivity contribution in [2.24, 2.45) is 5.92 Å². The molecule has 1 aromatic carbocycles. The fourth-order valence-corrected chi connectivity index (χ4v) is 7.31. The van der Waals surface area contributed by atoms with Crippen molar-refractivity contribution >= 4 is 10.2 Å². The topological polar surface area (TPSA) is 55.9 Å². The van der Waals surface area contributed by atoms with E-state index in [4.69, 9.17) is 0 Å². The molecular formula is C19H28N4O2S. The SMILES string of the molecule is O=S(=O)(N[C@@H]1C2CN3CCN(C2)CC1(c1ccccc1)C3)N1CCCC1. The van der Waals surface area contributed by atoms with Gasteiger partial charge in [-0.05, 0) is 18.4 Å². The van der Waals surface area contributed by atoms with Crippen LogP contribution in [0, 0.1) is 5.92 Å². The number of benzene rings is 1. The van der Waals surface area contributed by atoms with Gasteiger partial charge >= 0.3 is 0 Å². The minimum absolute atomic E-state index is 0.0268. The maximum absolute atomic E-state index is 13.1. The molecule has 1 N–H and O–H groups in total. The van der Waals surface area contributed by atoms with Gasteiger partial charge in [-0.15, -0.1) is 0 Å². The Morgan fingerprint density at radius 1 is 0.923 bits per heavy atom. The van der Waals surface area contributed by atoms with Gasteiger partial charge in [-0.1, -0.05) is 30.3 Å². The van der Waals surface area contributed by atoms with Crippen LogP contribution in [0.25, 0.3) is 0 Å². The van der Waals surface area contributed by atoms with Crippen molar-refractivity contribution < 1.29 is 8.42 Å². The molecule has 1 aromatic rings. The largest absolute Gasteiger partial charge is 0.301 e. The highest BCUT2D eigenvalue weighted by Crippen LogP contribution is 2.43. The van der Waals surface area contributed by atoms with Crippen molar-refractivity contribution in [1.29, 1.82) is 0 Å². The number of rotatable bonds is 4. The first-order valence-corrected chi connectivity index (χ1v) is 11.3. The highest BCUT2D eigenvalue weighted by molar-refractivity contribution is 7.87. The predicted molar refractivity (Wildman–Crippen MR) is 101 cm³/mol. The lowest BCUT2D eigenvalue weighted by molar-refractivity contribution is 0.0275. The number of nitrogens with zero attached hydrogens (tertiary/aromatic N) is 3. The molecule has 5 aliphatic rings. The molecular weight excluding hydrogens is 348 g/mol. The summed E-state index contributed by atoms with van der Waals surface area (Å²) in [5.41, 5.74) is 1.11. The molecule has 5 heterocycles. The summed E-state index contributed by atoms with van der Waals surface area (Å²) in [5, 5.41) is 0. The van der Waals surface area contributed by atoms with Crippen LogP contribution in [-0.4, -0.2) is 80.9 Å². The van der Waals surface area contributed by atoms with Gasteiger partial charge in [0, 0.05) is 69.7 Å². The molecule has 6 nitrogen and oxygen atoms in total. The second-order valence-corrected chi connectivity index (χ2v) is 10.2. The number of hydrogen-bond acceptors (Lipinski definition) is 4. The van der Waals surface area contributed by atoms with Crippen molar-refractivity contribution in [2.45, 2.75) is 24.3 Å². The van der Waals surface area contributed by atoms with Crippen LogP contribution in [-0.2, 0) is 15.6 Å². The third-order valence-electron chi connectivity index (χ3n) is 6.83. The number of hydrogen-bond donors (Lipinski definition) is 1. The van der Waals surface area contributed by atoms with E-state index >= 15 is 0 Å². The van der Waals surface area contributed by atoms with E-state index in [1.807, 2.05) is 6.07 Å². The van der Waals surface area contributed by atoms with Crippen LogP contribution in [0.1, 0.15) is 18.4 Å². The van der Waals surface area contributed by atoms with E-state index in [9.17, 15) is 8.42 Å². The van der Waals surface area contributed by atoms with Crippen molar-refractivity contribution in [1.82, 2.24) is 18.8 Å². The summed E-state index contributed by atoms with van der Waals surface area (Å²) < 4.78 is 31.0. The Kier molecular flexibility index (Phi) is 4.13. The molecule has 6 rings (SSSR count). The second kappa shape index (κ2) is 6.27. The standard InChI is InChI=1S/C19H28N4O2S/c24-26(25,23-8-4-5-9-23)20-18-16-12-21-10-11-22(13-16)15-19(18,14-21)17-6-2-1-3-7-17/h1-3,6-7,16,18,20H,4-5,8-15H2/t16?,18-,19?/m1/s1. The molecule has 0 amide bonds. The monoisotopic (exact) mass is 376 g/mol. The summed E-state index contributed by atoms with van der Waals surface area (Å²) in [7, 11) is -3.42. The summed E-state index contributed by atoms with van der Waals surface area (Å²) in [6.07, 6.45) is 1.95. The summed E-state index contributed by atoms with van der Waals surface area (Å²) in [6.45, 7) is 7.38. The first-order chi connectivity index (χ1) is 12.6. The van der Waals surface area contributed by atoms with Gasteiger partial charge in [0.1, 0.15) is 0 Å². The van der Waals surface area contributed by atoms with Gasteiger partial charge in [0.05, 0.1) is 0 Å². The minimum atomic E-state index is -3.42. The van der Waals surface area contributed by atoms with E-state index in [1.54, 1.807) is 4.31 Å². The van der Waals surface area contributed by atoms with Crippen LogP contribution < -0.4 is 4.72 Å². The average Bonchev–Trinajstić information content (AvgIpc) is 3.07.